The summed E-state index contributed by atoms with van der Waals surface area (Å²) in [5.41, 5.74) is 6.51. The van der Waals surface area contributed by atoms with Crippen molar-refractivity contribution in [3.05, 3.63) is 29.6 Å². The molecule has 1 aromatic carbocycles. The maximum absolute atomic E-state index is 13.5. The minimum atomic E-state index is -0.884. The number of rotatable bonds is 3. The Hall–Kier alpha value is -1.49. The summed E-state index contributed by atoms with van der Waals surface area (Å²) in [6.07, 6.45) is 4.05. The number of nitrogens with two attached hydrogens (primary N) is 1. The number of benzene rings is 1. The highest BCUT2D eigenvalue weighted by molar-refractivity contribution is 5.75. The third-order valence-electron chi connectivity index (χ3n) is 3.98. The van der Waals surface area contributed by atoms with Gasteiger partial charge in [-0.05, 0) is 36.9 Å². The SMILES string of the molecule is NCC1(Cc2nc3c(F)c(F)ccc3[nH]2)CCC1. The molecule has 1 heterocycles. The molecule has 0 spiro atoms. The number of imidazole rings is 1. The van der Waals surface area contributed by atoms with Gasteiger partial charge in [-0.15, -0.1) is 0 Å². The summed E-state index contributed by atoms with van der Waals surface area (Å²) in [7, 11) is 0. The van der Waals surface area contributed by atoms with E-state index in [1.54, 1.807) is 0 Å². The molecule has 1 aromatic heterocycles. The average molecular weight is 251 g/mol. The first kappa shape index (κ1) is 11.6. The second-order valence-corrected chi connectivity index (χ2v) is 5.18. The molecule has 18 heavy (non-hydrogen) atoms. The van der Waals surface area contributed by atoms with Crippen molar-refractivity contribution >= 4 is 11.0 Å². The third kappa shape index (κ3) is 1.70. The number of nitrogens with one attached hydrogen (secondary N) is 1. The Morgan fingerprint density at radius 2 is 2.11 bits per heavy atom. The summed E-state index contributed by atoms with van der Waals surface area (Å²) in [5, 5.41) is 0. The lowest BCUT2D eigenvalue weighted by atomic mass is 9.66. The van der Waals surface area contributed by atoms with Crippen molar-refractivity contribution in [2.45, 2.75) is 25.7 Å². The Kier molecular flexibility index (Phi) is 2.59. The maximum Gasteiger partial charge on any atom is 0.186 e. The molecule has 1 saturated carbocycles. The summed E-state index contributed by atoms with van der Waals surface area (Å²) < 4.78 is 26.6. The highest BCUT2D eigenvalue weighted by atomic mass is 19.2. The van der Waals surface area contributed by atoms with Crippen molar-refractivity contribution < 1.29 is 8.78 Å². The van der Waals surface area contributed by atoms with Crippen LogP contribution < -0.4 is 5.73 Å². The van der Waals surface area contributed by atoms with Crippen LogP contribution in [0.5, 0.6) is 0 Å². The molecule has 0 atom stereocenters. The van der Waals surface area contributed by atoms with Crippen LogP contribution in [0.3, 0.4) is 0 Å². The van der Waals surface area contributed by atoms with Gasteiger partial charge in [-0.3, -0.25) is 0 Å². The summed E-state index contributed by atoms with van der Waals surface area (Å²) in [6, 6.07) is 2.63. The Bertz CT molecular complexity index is 582. The first-order valence-electron chi connectivity index (χ1n) is 6.16. The van der Waals surface area contributed by atoms with Gasteiger partial charge in [0.25, 0.3) is 0 Å². The Morgan fingerprint density at radius 3 is 2.72 bits per heavy atom. The van der Waals surface area contributed by atoms with E-state index in [2.05, 4.69) is 9.97 Å². The predicted molar refractivity (Wildman–Crippen MR) is 65.1 cm³/mol. The average Bonchev–Trinajstić information content (AvgIpc) is 2.72. The molecule has 3 N–H and O–H groups in total. The fourth-order valence-corrected chi connectivity index (χ4v) is 2.64. The molecule has 0 saturated heterocycles. The highest BCUT2D eigenvalue weighted by Gasteiger charge is 2.36. The van der Waals surface area contributed by atoms with E-state index in [-0.39, 0.29) is 10.9 Å². The first-order valence-corrected chi connectivity index (χ1v) is 6.16. The Morgan fingerprint density at radius 1 is 1.33 bits per heavy atom. The molecule has 0 unspecified atom stereocenters. The fraction of sp³-hybridized carbons (Fsp3) is 0.462. The van der Waals surface area contributed by atoms with Crippen LogP contribution in [0.25, 0.3) is 11.0 Å². The monoisotopic (exact) mass is 251 g/mol. The smallest absolute Gasteiger partial charge is 0.186 e. The molecular weight excluding hydrogens is 236 g/mol. The van der Waals surface area contributed by atoms with Crippen LogP contribution in [-0.4, -0.2) is 16.5 Å². The van der Waals surface area contributed by atoms with Gasteiger partial charge < -0.3 is 10.7 Å². The van der Waals surface area contributed by atoms with Gasteiger partial charge >= 0.3 is 0 Å². The van der Waals surface area contributed by atoms with Gasteiger partial charge in [-0.25, -0.2) is 13.8 Å². The predicted octanol–water partition coefficient (Wildman–Crippen LogP) is 2.51. The molecule has 2 aromatic rings. The normalized spacial score (nSPS) is 17.9. The number of aromatic nitrogens is 2. The van der Waals surface area contributed by atoms with Crippen LogP contribution in [0.2, 0.25) is 0 Å². The zero-order valence-corrected chi connectivity index (χ0v) is 9.97. The molecule has 1 fully saturated rings. The summed E-state index contributed by atoms with van der Waals surface area (Å²) in [4.78, 5) is 7.21. The van der Waals surface area contributed by atoms with Crippen LogP contribution in [0, 0.1) is 17.0 Å². The minimum Gasteiger partial charge on any atom is -0.342 e. The molecular formula is C13H15F2N3. The van der Waals surface area contributed by atoms with Gasteiger partial charge in [-0.1, -0.05) is 6.42 Å². The van der Waals surface area contributed by atoms with Crippen LogP contribution in [-0.2, 0) is 6.42 Å². The van der Waals surface area contributed by atoms with Gasteiger partial charge in [0.1, 0.15) is 11.3 Å². The maximum atomic E-state index is 13.5. The zero-order chi connectivity index (χ0) is 12.8. The van der Waals surface area contributed by atoms with Crippen molar-refractivity contribution in [2.24, 2.45) is 11.1 Å². The summed E-state index contributed by atoms with van der Waals surface area (Å²) >= 11 is 0. The second kappa shape index (κ2) is 4.02. The second-order valence-electron chi connectivity index (χ2n) is 5.18. The molecule has 96 valence electrons. The minimum absolute atomic E-state index is 0.0801. The van der Waals surface area contributed by atoms with E-state index in [1.807, 2.05) is 0 Å². The van der Waals surface area contributed by atoms with E-state index in [0.717, 1.165) is 18.9 Å². The van der Waals surface area contributed by atoms with Gasteiger partial charge in [0.15, 0.2) is 11.6 Å². The van der Waals surface area contributed by atoms with Crippen LogP contribution in [0.15, 0.2) is 12.1 Å². The lowest BCUT2D eigenvalue weighted by molar-refractivity contribution is 0.142. The van der Waals surface area contributed by atoms with Gasteiger partial charge in [0.05, 0.1) is 5.52 Å². The standard InChI is InChI=1S/C13H15F2N3/c14-8-2-3-9-12(11(8)15)18-10(17-9)6-13(7-16)4-1-5-13/h2-3H,1,4-7,16H2,(H,17,18). The molecule has 0 aliphatic heterocycles. The summed E-state index contributed by atoms with van der Waals surface area (Å²) in [6.45, 7) is 0.612. The number of halogens is 2. The largest absolute Gasteiger partial charge is 0.342 e. The first-order chi connectivity index (χ1) is 8.63. The molecule has 1 aliphatic carbocycles. The van der Waals surface area contributed by atoms with E-state index in [1.165, 1.54) is 12.5 Å². The van der Waals surface area contributed by atoms with E-state index in [0.29, 0.717) is 24.3 Å². The fourth-order valence-electron chi connectivity index (χ4n) is 2.64. The number of hydrogen-bond donors (Lipinski definition) is 2. The van der Waals surface area contributed by atoms with E-state index >= 15 is 0 Å². The van der Waals surface area contributed by atoms with Crippen molar-refractivity contribution in [2.75, 3.05) is 6.54 Å². The van der Waals surface area contributed by atoms with E-state index in [9.17, 15) is 8.78 Å². The van der Waals surface area contributed by atoms with Gasteiger partial charge in [0, 0.05) is 6.42 Å². The van der Waals surface area contributed by atoms with Gasteiger partial charge in [-0.2, -0.15) is 0 Å². The Labute approximate surface area is 103 Å². The molecule has 0 radical (unpaired) electrons. The zero-order valence-electron chi connectivity index (χ0n) is 9.97. The number of H-pyrrole nitrogens is 1. The van der Waals surface area contributed by atoms with Crippen molar-refractivity contribution in [3.63, 3.8) is 0 Å². The van der Waals surface area contributed by atoms with Crippen LogP contribution >= 0.6 is 0 Å². The molecule has 3 nitrogen and oxygen atoms in total. The lowest BCUT2D eigenvalue weighted by Gasteiger charge is -2.40. The van der Waals surface area contributed by atoms with E-state index < -0.39 is 11.6 Å². The molecule has 0 bridgehead atoms. The van der Waals surface area contributed by atoms with Crippen LogP contribution in [0.4, 0.5) is 8.78 Å². The lowest BCUT2D eigenvalue weighted by Crippen LogP contribution is -2.39. The molecule has 0 amide bonds. The Balaban J connectivity index is 1.96. The summed E-state index contributed by atoms with van der Waals surface area (Å²) in [5.74, 6) is -1.05. The van der Waals surface area contributed by atoms with Gasteiger partial charge in [0.2, 0.25) is 0 Å². The van der Waals surface area contributed by atoms with Crippen molar-refractivity contribution in [1.82, 2.24) is 9.97 Å². The topological polar surface area (TPSA) is 54.7 Å². The van der Waals surface area contributed by atoms with Crippen molar-refractivity contribution in [1.29, 1.82) is 0 Å². The number of hydrogen-bond acceptors (Lipinski definition) is 2. The van der Waals surface area contributed by atoms with Crippen LogP contribution in [0.1, 0.15) is 25.1 Å². The number of fused-ring (bicyclic) bond motifs is 1. The molecule has 5 heteroatoms. The molecule has 1 aliphatic rings. The third-order valence-corrected chi connectivity index (χ3v) is 3.98. The van der Waals surface area contributed by atoms with E-state index in [4.69, 9.17) is 5.73 Å². The van der Waals surface area contributed by atoms with Crippen molar-refractivity contribution in [3.8, 4) is 0 Å². The quantitative estimate of drug-likeness (QED) is 0.880. The number of aromatic amines is 1. The molecule has 3 rings (SSSR count). The highest BCUT2D eigenvalue weighted by Crippen LogP contribution is 2.42. The number of nitrogens with zero attached hydrogens (tertiary/aromatic N) is 1.